The third-order valence-electron chi connectivity index (χ3n) is 5.19. The summed E-state index contributed by atoms with van der Waals surface area (Å²) in [5.74, 6) is 0.272. The van der Waals surface area contributed by atoms with Crippen molar-refractivity contribution in [3.05, 3.63) is 48.0 Å². The van der Waals surface area contributed by atoms with E-state index in [0.717, 1.165) is 5.56 Å². The molecular weight excluding hydrogens is 394 g/mol. The average Bonchev–Trinajstić information content (AvgIpc) is 3.16. The summed E-state index contributed by atoms with van der Waals surface area (Å²) in [5, 5.41) is 0. The first kappa shape index (κ1) is 19.4. The second-order valence-corrected chi connectivity index (χ2v) is 8.73. The van der Waals surface area contributed by atoms with E-state index in [0.29, 0.717) is 30.1 Å². The first-order chi connectivity index (χ1) is 13.9. The topological polar surface area (TPSA) is 96.0 Å². The SMILES string of the molecule is CNS(=O)(=O)c1ccc2c(c1)N(C(=O)CCN1C(=O)COc3ccccc31)CC2. The fourth-order valence-electron chi connectivity index (χ4n) is 3.64. The zero-order chi connectivity index (χ0) is 20.6. The van der Waals surface area contributed by atoms with Crippen LogP contribution in [0.1, 0.15) is 12.0 Å². The molecule has 0 unspecified atom stereocenters. The average molecular weight is 415 g/mol. The quantitative estimate of drug-likeness (QED) is 0.794. The number of nitrogens with one attached hydrogen (secondary N) is 1. The smallest absolute Gasteiger partial charge is 0.265 e. The van der Waals surface area contributed by atoms with E-state index < -0.39 is 10.0 Å². The number of carbonyl (C=O) groups excluding carboxylic acids is 2. The number of para-hydroxylation sites is 2. The lowest BCUT2D eigenvalue weighted by molar-refractivity contribution is -0.121. The maximum atomic E-state index is 12.9. The molecule has 0 fully saturated rings. The van der Waals surface area contributed by atoms with Crippen LogP contribution in [0.5, 0.6) is 5.75 Å². The van der Waals surface area contributed by atoms with Gasteiger partial charge in [0.2, 0.25) is 15.9 Å². The van der Waals surface area contributed by atoms with Crippen molar-refractivity contribution < 1.29 is 22.7 Å². The Bertz CT molecular complexity index is 1080. The van der Waals surface area contributed by atoms with Gasteiger partial charge >= 0.3 is 0 Å². The van der Waals surface area contributed by atoms with Crippen LogP contribution in [0.2, 0.25) is 0 Å². The number of nitrogens with zero attached hydrogens (tertiary/aromatic N) is 2. The lowest BCUT2D eigenvalue weighted by Crippen LogP contribution is -2.41. The molecule has 0 radical (unpaired) electrons. The Morgan fingerprint density at radius 2 is 1.97 bits per heavy atom. The summed E-state index contributed by atoms with van der Waals surface area (Å²) in [6, 6.07) is 12.0. The summed E-state index contributed by atoms with van der Waals surface area (Å²) in [6.45, 7) is 0.673. The molecule has 0 spiro atoms. The van der Waals surface area contributed by atoms with E-state index in [1.54, 1.807) is 34.1 Å². The van der Waals surface area contributed by atoms with Gasteiger partial charge in [-0.2, -0.15) is 0 Å². The first-order valence-electron chi connectivity index (χ1n) is 9.30. The molecular formula is C20H21N3O5S. The number of ether oxygens (including phenoxy) is 1. The predicted octanol–water partition coefficient (Wildman–Crippen LogP) is 1.30. The van der Waals surface area contributed by atoms with Crippen molar-refractivity contribution >= 4 is 33.2 Å². The fourth-order valence-corrected chi connectivity index (χ4v) is 4.39. The Morgan fingerprint density at radius 3 is 2.76 bits per heavy atom. The van der Waals surface area contributed by atoms with Gasteiger partial charge in [0, 0.05) is 25.2 Å². The van der Waals surface area contributed by atoms with Crippen molar-refractivity contribution in [2.45, 2.75) is 17.7 Å². The van der Waals surface area contributed by atoms with Crippen molar-refractivity contribution in [3.8, 4) is 5.75 Å². The van der Waals surface area contributed by atoms with Crippen molar-refractivity contribution in [3.63, 3.8) is 0 Å². The Morgan fingerprint density at radius 1 is 1.17 bits per heavy atom. The monoisotopic (exact) mass is 415 g/mol. The number of hydrogen-bond donors (Lipinski definition) is 1. The van der Waals surface area contributed by atoms with Gasteiger partial charge in [-0.3, -0.25) is 9.59 Å². The Balaban J connectivity index is 1.52. The fraction of sp³-hybridized carbons (Fsp3) is 0.300. The van der Waals surface area contributed by atoms with E-state index in [4.69, 9.17) is 4.74 Å². The van der Waals surface area contributed by atoms with Gasteiger partial charge in [-0.15, -0.1) is 0 Å². The van der Waals surface area contributed by atoms with E-state index in [-0.39, 0.29) is 36.3 Å². The minimum absolute atomic E-state index is 0.0526. The van der Waals surface area contributed by atoms with Gasteiger partial charge in [-0.1, -0.05) is 18.2 Å². The second kappa shape index (κ2) is 7.49. The van der Waals surface area contributed by atoms with E-state index in [1.807, 2.05) is 12.1 Å². The lowest BCUT2D eigenvalue weighted by atomic mass is 10.2. The molecule has 0 bridgehead atoms. The summed E-state index contributed by atoms with van der Waals surface area (Å²) in [4.78, 5) is 28.5. The maximum Gasteiger partial charge on any atom is 0.265 e. The van der Waals surface area contributed by atoms with Crippen LogP contribution in [0, 0.1) is 0 Å². The predicted molar refractivity (Wildman–Crippen MR) is 108 cm³/mol. The molecule has 1 N–H and O–H groups in total. The summed E-state index contributed by atoms with van der Waals surface area (Å²) >= 11 is 0. The first-order valence-corrected chi connectivity index (χ1v) is 10.8. The number of sulfonamides is 1. The molecule has 0 saturated heterocycles. The van der Waals surface area contributed by atoms with Crippen molar-refractivity contribution in [2.24, 2.45) is 0 Å². The van der Waals surface area contributed by atoms with Gasteiger partial charge in [-0.25, -0.2) is 13.1 Å². The number of benzene rings is 2. The number of fused-ring (bicyclic) bond motifs is 2. The van der Waals surface area contributed by atoms with Crippen LogP contribution in [-0.4, -0.2) is 47.0 Å². The maximum absolute atomic E-state index is 12.9. The molecule has 0 saturated carbocycles. The van der Waals surface area contributed by atoms with Crippen LogP contribution in [0.3, 0.4) is 0 Å². The number of rotatable bonds is 5. The molecule has 9 heteroatoms. The summed E-state index contributed by atoms with van der Waals surface area (Å²) in [6.07, 6.45) is 0.794. The normalized spacial score (nSPS) is 15.7. The van der Waals surface area contributed by atoms with Crippen molar-refractivity contribution in [1.82, 2.24) is 4.72 Å². The Labute approximate surface area is 169 Å². The van der Waals surface area contributed by atoms with Gasteiger partial charge < -0.3 is 14.5 Å². The van der Waals surface area contributed by atoms with Crippen molar-refractivity contribution in [1.29, 1.82) is 0 Å². The zero-order valence-electron chi connectivity index (χ0n) is 15.9. The molecule has 0 aliphatic carbocycles. The molecule has 2 aromatic carbocycles. The van der Waals surface area contributed by atoms with Crippen LogP contribution in [-0.2, 0) is 26.0 Å². The van der Waals surface area contributed by atoms with Gasteiger partial charge in [-0.05, 0) is 43.3 Å². The number of amides is 2. The lowest BCUT2D eigenvalue weighted by Gasteiger charge is -2.29. The van der Waals surface area contributed by atoms with Crippen LogP contribution in [0.4, 0.5) is 11.4 Å². The van der Waals surface area contributed by atoms with Gasteiger partial charge in [0.05, 0.1) is 10.6 Å². The van der Waals surface area contributed by atoms with Gasteiger partial charge in [0.1, 0.15) is 5.75 Å². The highest BCUT2D eigenvalue weighted by Gasteiger charge is 2.29. The molecule has 2 aliphatic heterocycles. The number of hydrogen-bond acceptors (Lipinski definition) is 5. The molecule has 8 nitrogen and oxygen atoms in total. The molecule has 152 valence electrons. The Kier molecular flexibility index (Phi) is 5.01. The molecule has 2 aliphatic rings. The Hall–Kier alpha value is -2.91. The van der Waals surface area contributed by atoms with E-state index in [9.17, 15) is 18.0 Å². The van der Waals surface area contributed by atoms with E-state index >= 15 is 0 Å². The minimum atomic E-state index is -3.59. The highest BCUT2D eigenvalue weighted by Crippen LogP contribution is 2.33. The van der Waals surface area contributed by atoms with Crippen LogP contribution in [0.25, 0.3) is 0 Å². The number of carbonyl (C=O) groups is 2. The van der Waals surface area contributed by atoms with Gasteiger partial charge in [0.15, 0.2) is 6.61 Å². The highest BCUT2D eigenvalue weighted by atomic mass is 32.2. The second-order valence-electron chi connectivity index (χ2n) is 6.85. The van der Waals surface area contributed by atoms with E-state index in [1.165, 1.54) is 13.1 Å². The van der Waals surface area contributed by atoms with Crippen LogP contribution in [0.15, 0.2) is 47.4 Å². The summed E-state index contributed by atoms with van der Waals surface area (Å²) in [5.41, 5.74) is 2.20. The third-order valence-corrected chi connectivity index (χ3v) is 6.60. The third kappa shape index (κ3) is 3.58. The molecule has 0 atom stereocenters. The van der Waals surface area contributed by atoms with Crippen LogP contribution < -0.4 is 19.3 Å². The van der Waals surface area contributed by atoms with Crippen LogP contribution >= 0.6 is 0 Å². The molecule has 4 rings (SSSR count). The molecule has 2 heterocycles. The molecule has 2 aromatic rings. The zero-order valence-corrected chi connectivity index (χ0v) is 16.7. The summed E-state index contributed by atoms with van der Waals surface area (Å²) in [7, 11) is -2.24. The summed E-state index contributed by atoms with van der Waals surface area (Å²) < 4.78 is 31.9. The largest absolute Gasteiger partial charge is 0.482 e. The standard InChI is InChI=1S/C20H21N3O5S/c1-21-29(26,27)15-7-6-14-8-10-23(17(14)12-15)19(24)9-11-22-16-4-2-3-5-18(16)28-13-20(22)25/h2-7,12,21H,8-11,13H2,1H3. The molecule has 0 aromatic heterocycles. The minimum Gasteiger partial charge on any atom is -0.482 e. The van der Waals surface area contributed by atoms with Gasteiger partial charge in [0.25, 0.3) is 5.91 Å². The number of anilines is 2. The molecule has 29 heavy (non-hydrogen) atoms. The van der Waals surface area contributed by atoms with E-state index in [2.05, 4.69) is 4.72 Å². The molecule has 2 amide bonds. The highest BCUT2D eigenvalue weighted by molar-refractivity contribution is 7.89. The van der Waals surface area contributed by atoms with Crippen molar-refractivity contribution in [2.75, 3.05) is 36.5 Å².